The maximum atomic E-state index is 12.5. The standard InChI is InChI=1S/C20H27N3O5/c1-3-11-27-17-8-6-5-7-15(17)22-18(24)14-23-10-9-21-20(26)16(23)13-19(25)28-12-4-2/h3,5-8,16H,1,4,9-14H2,2H3,(H,21,26)(H,22,24). The van der Waals surface area contributed by atoms with E-state index in [9.17, 15) is 14.4 Å². The van der Waals surface area contributed by atoms with Gasteiger partial charge in [-0.3, -0.25) is 19.3 Å². The van der Waals surface area contributed by atoms with Gasteiger partial charge in [-0.15, -0.1) is 0 Å². The second-order valence-electron chi connectivity index (χ2n) is 6.35. The van der Waals surface area contributed by atoms with Gasteiger partial charge in [-0.1, -0.05) is 31.7 Å². The Hall–Kier alpha value is -2.87. The van der Waals surface area contributed by atoms with E-state index in [4.69, 9.17) is 9.47 Å². The van der Waals surface area contributed by atoms with Crippen LogP contribution in [0.4, 0.5) is 5.69 Å². The van der Waals surface area contributed by atoms with Crippen molar-refractivity contribution in [2.75, 3.05) is 38.2 Å². The van der Waals surface area contributed by atoms with Crippen molar-refractivity contribution in [2.24, 2.45) is 0 Å². The molecule has 1 saturated heterocycles. The first kappa shape index (κ1) is 21.4. The number of esters is 1. The lowest BCUT2D eigenvalue weighted by molar-refractivity contribution is -0.148. The number of hydrogen-bond acceptors (Lipinski definition) is 6. The second-order valence-corrected chi connectivity index (χ2v) is 6.35. The van der Waals surface area contributed by atoms with Crippen LogP contribution in [0.1, 0.15) is 19.8 Å². The number of para-hydroxylation sites is 2. The minimum atomic E-state index is -0.726. The van der Waals surface area contributed by atoms with E-state index in [-0.39, 0.29) is 24.8 Å². The Morgan fingerprint density at radius 2 is 2.18 bits per heavy atom. The molecule has 0 aliphatic carbocycles. The summed E-state index contributed by atoms with van der Waals surface area (Å²) in [4.78, 5) is 38.4. The summed E-state index contributed by atoms with van der Waals surface area (Å²) >= 11 is 0. The zero-order valence-corrected chi connectivity index (χ0v) is 16.1. The zero-order chi connectivity index (χ0) is 20.4. The van der Waals surface area contributed by atoms with Crippen LogP contribution in [0.25, 0.3) is 0 Å². The fraction of sp³-hybridized carbons (Fsp3) is 0.450. The van der Waals surface area contributed by atoms with Gasteiger partial charge < -0.3 is 20.1 Å². The van der Waals surface area contributed by atoms with Gasteiger partial charge >= 0.3 is 5.97 Å². The minimum absolute atomic E-state index is 0.0189. The van der Waals surface area contributed by atoms with Gasteiger partial charge in [0.05, 0.1) is 25.3 Å². The van der Waals surface area contributed by atoms with Gasteiger partial charge in [-0.25, -0.2) is 0 Å². The molecule has 1 aromatic carbocycles. The molecule has 0 saturated carbocycles. The third-order valence-corrected chi connectivity index (χ3v) is 4.13. The smallest absolute Gasteiger partial charge is 0.307 e. The predicted octanol–water partition coefficient (Wildman–Crippen LogP) is 1.33. The van der Waals surface area contributed by atoms with Crippen LogP contribution < -0.4 is 15.4 Å². The summed E-state index contributed by atoms with van der Waals surface area (Å²) in [5, 5.41) is 5.53. The summed E-state index contributed by atoms with van der Waals surface area (Å²) in [5.41, 5.74) is 0.537. The highest BCUT2D eigenvalue weighted by atomic mass is 16.5. The maximum Gasteiger partial charge on any atom is 0.307 e. The van der Waals surface area contributed by atoms with E-state index in [2.05, 4.69) is 17.2 Å². The Morgan fingerprint density at radius 1 is 1.39 bits per heavy atom. The van der Waals surface area contributed by atoms with Gasteiger partial charge in [0.1, 0.15) is 18.4 Å². The number of nitrogens with one attached hydrogen (secondary N) is 2. The third-order valence-electron chi connectivity index (χ3n) is 4.13. The summed E-state index contributed by atoms with van der Waals surface area (Å²) in [5.74, 6) is -0.484. The second kappa shape index (κ2) is 11.1. The largest absolute Gasteiger partial charge is 0.487 e. The number of ether oxygens (including phenoxy) is 2. The number of rotatable bonds is 10. The van der Waals surface area contributed by atoms with Crippen molar-refractivity contribution in [3.05, 3.63) is 36.9 Å². The highest BCUT2D eigenvalue weighted by molar-refractivity contribution is 5.94. The van der Waals surface area contributed by atoms with E-state index in [0.717, 1.165) is 0 Å². The van der Waals surface area contributed by atoms with Crippen molar-refractivity contribution in [3.63, 3.8) is 0 Å². The first-order valence-corrected chi connectivity index (χ1v) is 9.35. The van der Waals surface area contributed by atoms with E-state index in [1.807, 2.05) is 6.92 Å². The zero-order valence-electron chi connectivity index (χ0n) is 16.1. The van der Waals surface area contributed by atoms with Gasteiger partial charge in [0.2, 0.25) is 11.8 Å². The molecule has 1 heterocycles. The van der Waals surface area contributed by atoms with Gasteiger partial charge in [0, 0.05) is 13.1 Å². The van der Waals surface area contributed by atoms with E-state index < -0.39 is 12.0 Å². The molecule has 0 bridgehead atoms. The first-order chi connectivity index (χ1) is 13.5. The Kier molecular flexibility index (Phi) is 8.48. The molecule has 2 amide bonds. The fourth-order valence-corrected chi connectivity index (χ4v) is 2.82. The van der Waals surface area contributed by atoms with Crippen molar-refractivity contribution in [2.45, 2.75) is 25.8 Å². The number of piperazine rings is 1. The van der Waals surface area contributed by atoms with E-state index in [1.165, 1.54) is 0 Å². The van der Waals surface area contributed by atoms with Crippen molar-refractivity contribution in [1.29, 1.82) is 0 Å². The molecule has 1 atom stereocenters. The van der Waals surface area contributed by atoms with Crippen LogP contribution >= 0.6 is 0 Å². The van der Waals surface area contributed by atoms with Crippen LogP contribution in [-0.4, -0.2) is 61.6 Å². The predicted molar refractivity (Wildman–Crippen MR) is 105 cm³/mol. The van der Waals surface area contributed by atoms with E-state index in [0.29, 0.717) is 44.2 Å². The number of amides is 2. The van der Waals surface area contributed by atoms with Crippen molar-refractivity contribution < 1.29 is 23.9 Å². The molecular weight excluding hydrogens is 362 g/mol. The van der Waals surface area contributed by atoms with Crippen LogP contribution in [0, 0.1) is 0 Å². The lowest BCUT2D eigenvalue weighted by Gasteiger charge is -2.33. The Labute approximate surface area is 164 Å². The maximum absolute atomic E-state index is 12.5. The molecular formula is C20H27N3O5. The molecule has 2 N–H and O–H groups in total. The number of nitrogens with zero attached hydrogens (tertiary/aromatic N) is 1. The molecule has 1 unspecified atom stereocenters. The molecule has 8 nitrogen and oxygen atoms in total. The summed E-state index contributed by atoms with van der Waals surface area (Å²) in [6.45, 7) is 7.01. The number of benzene rings is 1. The van der Waals surface area contributed by atoms with Crippen molar-refractivity contribution in [1.82, 2.24) is 10.2 Å². The number of carbonyl (C=O) groups excluding carboxylic acids is 3. The van der Waals surface area contributed by atoms with Gasteiger partial charge in [-0.2, -0.15) is 0 Å². The molecule has 1 aromatic rings. The van der Waals surface area contributed by atoms with Crippen LogP contribution in [0.2, 0.25) is 0 Å². The third kappa shape index (κ3) is 6.38. The normalized spacial score (nSPS) is 16.8. The van der Waals surface area contributed by atoms with E-state index >= 15 is 0 Å². The van der Waals surface area contributed by atoms with Crippen molar-refractivity contribution >= 4 is 23.5 Å². The quantitative estimate of drug-likeness (QED) is 0.463. The number of hydrogen-bond donors (Lipinski definition) is 2. The highest BCUT2D eigenvalue weighted by Crippen LogP contribution is 2.23. The topological polar surface area (TPSA) is 97.0 Å². The lowest BCUT2D eigenvalue weighted by atomic mass is 10.1. The molecule has 1 fully saturated rings. The average Bonchev–Trinajstić information content (AvgIpc) is 2.68. The summed E-state index contributed by atoms with van der Waals surface area (Å²) in [6.07, 6.45) is 2.24. The number of anilines is 1. The molecule has 0 spiro atoms. The van der Waals surface area contributed by atoms with Crippen LogP contribution in [0.5, 0.6) is 5.75 Å². The molecule has 152 valence electrons. The highest BCUT2D eigenvalue weighted by Gasteiger charge is 2.33. The SMILES string of the molecule is C=CCOc1ccccc1NC(=O)CN1CCNC(=O)C1CC(=O)OCCC. The molecule has 8 heteroatoms. The molecule has 1 aliphatic heterocycles. The van der Waals surface area contributed by atoms with Gasteiger partial charge in [0.15, 0.2) is 0 Å². The Bertz CT molecular complexity index is 707. The van der Waals surface area contributed by atoms with Crippen molar-refractivity contribution in [3.8, 4) is 5.75 Å². The van der Waals surface area contributed by atoms with Crippen LogP contribution in [-0.2, 0) is 19.1 Å². The molecule has 2 rings (SSSR count). The monoisotopic (exact) mass is 389 g/mol. The van der Waals surface area contributed by atoms with Gasteiger partial charge in [0.25, 0.3) is 0 Å². The molecule has 1 aliphatic rings. The average molecular weight is 389 g/mol. The summed E-state index contributed by atoms with van der Waals surface area (Å²) < 4.78 is 10.6. The van der Waals surface area contributed by atoms with E-state index in [1.54, 1.807) is 35.2 Å². The molecule has 28 heavy (non-hydrogen) atoms. The van der Waals surface area contributed by atoms with Crippen LogP contribution in [0.3, 0.4) is 0 Å². The summed E-state index contributed by atoms with van der Waals surface area (Å²) in [7, 11) is 0. The lowest BCUT2D eigenvalue weighted by Crippen LogP contribution is -2.57. The summed E-state index contributed by atoms with van der Waals surface area (Å²) in [6, 6.07) is 6.35. The Morgan fingerprint density at radius 3 is 2.93 bits per heavy atom. The van der Waals surface area contributed by atoms with Gasteiger partial charge in [-0.05, 0) is 18.6 Å². The molecule has 0 aromatic heterocycles. The fourth-order valence-electron chi connectivity index (χ4n) is 2.82. The molecule has 0 radical (unpaired) electrons. The first-order valence-electron chi connectivity index (χ1n) is 9.35. The minimum Gasteiger partial charge on any atom is -0.487 e. The number of carbonyl (C=O) groups is 3. The van der Waals surface area contributed by atoms with Crippen LogP contribution in [0.15, 0.2) is 36.9 Å². The Balaban J connectivity index is 1.99.